The molecule has 68 heavy (non-hydrogen) atoms. The topological polar surface area (TPSA) is 212 Å². The number of fused-ring (bicyclic) bond motifs is 3. The summed E-state index contributed by atoms with van der Waals surface area (Å²) in [5, 5.41) is 32.9. The molecule has 2 amide bonds. The van der Waals surface area contributed by atoms with E-state index in [2.05, 4.69) is 46.6 Å². The minimum absolute atomic E-state index is 0.0270. The maximum absolute atomic E-state index is 14.7. The molecule has 6 heterocycles. The summed E-state index contributed by atoms with van der Waals surface area (Å²) < 4.78 is 79.9. The highest BCUT2D eigenvalue weighted by atomic mass is 79.9. The Bertz CT molecular complexity index is 2530. The van der Waals surface area contributed by atoms with Gasteiger partial charge in [-0.3, -0.25) is 19.1 Å². The zero-order chi connectivity index (χ0) is 48.1. The van der Waals surface area contributed by atoms with Gasteiger partial charge in [-0.25, -0.2) is 14.4 Å². The summed E-state index contributed by atoms with van der Waals surface area (Å²) in [5.41, 5.74) is 0.568. The lowest BCUT2D eigenvalue weighted by Crippen LogP contribution is -2.64. The van der Waals surface area contributed by atoms with E-state index < -0.39 is 66.2 Å². The third-order valence-electron chi connectivity index (χ3n) is 14.0. The van der Waals surface area contributed by atoms with Gasteiger partial charge in [0, 0.05) is 24.8 Å². The predicted octanol–water partition coefficient (Wildman–Crippen LogP) is 5.65. The summed E-state index contributed by atoms with van der Waals surface area (Å²) in [4.78, 5) is 51.8. The number of amides is 2. The summed E-state index contributed by atoms with van der Waals surface area (Å²) >= 11 is 3.26. The lowest BCUT2D eigenvalue weighted by molar-refractivity contribution is -0.233. The molecule has 0 radical (unpaired) electrons. The van der Waals surface area contributed by atoms with Crippen LogP contribution in [0.2, 0.25) is 0 Å². The van der Waals surface area contributed by atoms with Gasteiger partial charge in [-0.1, -0.05) is 25.0 Å². The number of carbonyl (C=O) groups is 3. The van der Waals surface area contributed by atoms with Crippen LogP contribution in [0.3, 0.4) is 0 Å². The van der Waals surface area contributed by atoms with E-state index in [0.717, 1.165) is 63.0 Å². The molecule has 4 aromatic rings. The van der Waals surface area contributed by atoms with E-state index in [1.54, 1.807) is 18.2 Å². The van der Waals surface area contributed by atoms with Gasteiger partial charge in [-0.05, 0) is 102 Å². The van der Waals surface area contributed by atoms with Gasteiger partial charge in [0.15, 0.2) is 12.1 Å². The van der Waals surface area contributed by atoms with Crippen molar-refractivity contribution in [3.05, 3.63) is 64.1 Å². The number of anilines is 2. The zero-order valence-electron chi connectivity index (χ0n) is 37.3. The second-order valence-electron chi connectivity index (χ2n) is 18.8. The first-order chi connectivity index (χ1) is 32.4. The second-order valence-corrected chi connectivity index (χ2v) is 19.6. The third kappa shape index (κ3) is 10.2. The van der Waals surface area contributed by atoms with Crippen LogP contribution < -0.4 is 15.4 Å². The Morgan fingerprint density at radius 2 is 1.78 bits per heavy atom. The van der Waals surface area contributed by atoms with Crippen molar-refractivity contribution in [2.75, 3.05) is 37.5 Å². The normalized spacial score (nSPS) is 30.1. The fraction of sp³-hybridized carbons (Fsp3) is 0.587. The van der Waals surface area contributed by atoms with Gasteiger partial charge in [0.25, 0.3) is 0 Å². The number of likely N-dealkylation sites (tertiary alicyclic amines) is 1. The number of aliphatic hydroxyl groups excluding tert-OH is 2. The van der Waals surface area contributed by atoms with E-state index in [4.69, 9.17) is 18.9 Å². The Kier molecular flexibility index (Phi) is 13.8. The number of ether oxygens (including phenoxy) is 4. The number of alkyl halides is 4. The molecule has 1 aromatic carbocycles. The Morgan fingerprint density at radius 1 is 0.985 bits per heavy atom. The standard InChI is InChI=1S/C46H53BrF4N8O9/c1-23(60)38-30-16-26(9-11-31(30)59(57-38)20-37(61)58-19-28(48)17-32(58)42(64)54-34-5-3-4-33(47)52-34)14-27-12-25(13-27)7-6-24-8-10-29(15-24)66-21-45-22-67-43(68-45)39(40(62)41(45)63)53-35-18-36(65-2)56-44(55-35)46(49,50)51/h3-5,9,11,16,18,24-25,27-29,32,39-41,43,62-63H,6-8,10,12-15,17,19-22H2,1-2H3,(H,52,54,64)(H,53,55,56)/t24?,25?,27?,28-,29?,32+,39-,40-,41-,43+,45+/m1/s1. The molecule has 2 bridgehead atoms. The summed E-state index contributed by atoms with van der Waals surface area (Å²) in [5.74, 6) is -1.50. The van der Waals surface area contributed by atoms with E-state index in [1.165, 1.54) is 23.6 Å². The number of halogens is 5. The third-order valence-corrected chi connectivity index (χ3v) is 14.5. The van der Waals surface area contributed by atoms with E-state index >= 15 is 0 Å². The second kappa shape index (κ2) is 19.5. The SMILES string of the molecule is COc1cc(N[C@H]2[C@H]3OC[C@](COC4CCC(CCC5CC(Cc6ccc7c(c6)c(C(C)=O)nn7CC(=O)N6C[C@H](F)C[C@H]6C(=O)Nc6cccc(Br)n6)C5)C4)(O3)[C@H](O)[C@@H]2O)nc(C(F)(F)F)n1. The highest BCUT2D eigenvalue weighted by Gasteiger charge is 2.60. The van der Waals surface area contributed by atoms with Crippen LogP contribution in [-0.4, -0.2) is 133 Å². The van der Waals surface area contributed by atoms with Crippen LogP contribution in [0.5, 0.6) is 5.88 Å². The molecule has 4 N–H and O–H groups in total. The fourth-order valence-corrected chi connectivity index (χ4v) is 10.8. The number of methoxy groups -OCH3 is 1. The van der Waals surface area contributed by atoms with Gasteiger partial charge in [-0.2, -0.15) is 23.3 Å². The van der Waals surface area contributed by atoms with Crippen molar-refractivity contribution in [1.82, 2.24) is 29.6 Å². The van der Waals surface area contributed by atoms with Crippen LogP contribution in [0.4, 0.5) is 29.2 Å². The van der Waals surface area contributed by atoms with Crippen molar-refractivity contribution < 1.29 is 61.1 Å². The molecule has 3 aromatic heterocycles. The zero-order valence-corrected chi connectivity index (χ0v) is 38.9. The van der Waals surface area contributed by atoms with Gasteiger partial charge < -0.3 is 44.7 Å². The smallest absolute Gasteiger partial charge is 0.451 e. The van der Waals surface area contributed by atoms with Crippen LogP contribution in [0.25, 0.3) is 10.9 Å². The number of hydrogen-bond acceptors (Lipinski definition) is 14. The van der Waals surface area contributed by atoms with Crippen LogP contribution in [0.1, 0.15) is 80.2 Å². The van der Waals surface area contributed by atoms with Crippen molar-refractivity contribution >= 4 is 56.1 Å². The number of Topliss-reactive ketones (excluding diaryl/α,β-unsaturated/α-hetero) is 1. The summed E-state index contributed by atoms with van der Waals surface area (Å²) in [6.07, 6.45) is -2.61. The number of nitrogens with one attached hydrogen (secondary N) is 2. The van der Waals surface area contributed by atoms with Gasteiger partial charge >= 0.3 is 6.18 Å². The number of nitrogens with zero attached hydrogens (tertiary/aromatic N) is 6. The summed E-state index contributed by atoms with van der Waals surface area (Å²) in [7, 11) is 1.17. The molecule has 22 heteroatoms. The fourth-order valence-electron chi connectivity index (χ4n) is 10.5. The molecule has 3 saturated heterocycles. The highest BCUT2D eigenvalue weighted by molar-refractivity contribution is 9.10. The minimum atomic E-state index is -4.85. The number of ketones is 1. The quantitative estimate of drug-likeness (QED) is 0.0607. The first kappa shape index (κ1) is 48.2. The average molecular weight is 1020 g/mol. The minimum Gasteiger partial charge on any atom is -0.481 e. The Labute approximate surface area is 396 Å². The highest BCUT2D eigenvalue weighted by Crippen LogP contribution is 2.44. The van der Waals surface area contributed by atoms with Crippen LogP contribution in [-0.2, 0) is 42.9 Å². The van der Waals surface area contributed by atoms with Crippen LogP contribution in [0.15, 0.2) is 47.1 Å². The first-order valence-electron chi connectivity index (χ1n) is 22.9. The number of pyridine rings is 1. The van der Waals surface area contributed by atoms with Gasteiger partial charge in [0.1, 0.15) is 64.5 Å². The van der Waals surface area contributed by atoms with Crippen molar-refractivity contribution in [2.24, 2.45) is 17.8 Å². The summed E-state index contributed by atoms with van der Waals surface area (Å²) in [6.45, 7) is 0.822. The number of hydrogen-bond donors (Lipinski definition) is 4. The predicted molar refractivity (Wildman–Crippen MR) is 238 cm³/mol. The molecule has 9 rings (SSSR count). The van der Waals surface area contributed by atoms with Crippen molar-refractivity contribution in [3.63, 3.8) is 0 Å². The maximum atomic E-state index is 14.7. The van der Waals surface area contributed by atoms with Crippen molar-refractivity contribution in [3.8, 4) is 5.88 Å². The number of rotatable bonds is 16. The molecule has 17 nitrogen and oxygen atoms in total. The molecule has 2 aliphatic carbocycles. The molecule has 366 valence electrons. The average Bonchev–Trinajstić information content (AvgIpc) is 4.09. The monoisotopic (exact) mass is 1020 g/mol. The molecule has 3 aliphatic heterocycles. The van der Waals surface area contributed by atoms with Crippen LogP contribution in [0, 0.1) is 17.8 Å². The molecule has 5 fully saturated rings. The number of benzene rings is 1. The van der Waals surface area contributed by atoms with Gasteiger partial charge in [0.2, 0.25) is 23.5 Å². The number of aliphatic hydroxyl groups is 2. The van der Waals surface area contributed by atoms with E-state index in [1.807, 2.05) is 18.2 Å². The Hall–Kier alpha value is -4.87. The maximum Gasteiger partial charge on any atom is 0.451 e. The van der Waals surface area contributed by atoms with E-state index in [9.17, 15) is 42.2 Å². The molecule has 2 saturated carbocycles. The van der Waals surface area contributed by atoms with E-state index in [-0.39, 0.29) is 67.8 Å². The molecular weight excluding hydrogens is 964 g/mol. The Morgan fingerprint density at radius 3 is 2.53 bits per heavy atom. The van der Waals surface area contributed by atoms with Crippen molar-refractivity contribution in [1.29, 1.82) is 0 Å². The largest absolute Gasteiger partial charge is 0.481 e. The van der Waals surface area contributed by atoms with E-state index in [0.29, 0.717) is 33.3 Å². The molecule has 2 unspecified atom stereocenters. The molecule has 5 aliphatic rings. The van der Waals surface area contributed by atoms with Crippen LogP contribution >= 0.6 is 15.9 Å². The summed E-state index contributed by atoms with van der Waals surface area (Å²) in [6, 6.07) is 9.80. The first-order valence-corrected chi connectivity index (χ1v) is 23.7. The molecular formula is C46H53BrF4N8O9. The Balaban J connectivity index is 0.727. The van der Waals surface area contributed by atoms with Crippen molar-refractivity contribution in [2.45, 2.75) is 126 Å². The lowest BCUT2D eigenvalue weighted by Gasteiger charge is -2.43. The number of carbonyl (C=O) groups excluding carboxylic acids is 3. The molecule has 9 atom stereocenters. The van der Waals surface area contributed by atoms with Gasteiger partial charge in [-0.15, -0.1) is 0 Å². The lowest BCUT2D eigenvalue weighted by atomic mass is 9.69. The van der Waals surface area contributed by atoms with Gasteiger partial charge in [0.05, 0.1) is 38.5 Å². The number of aromatic nitrogens is 5. The molecule has 0 spiro atoms.